The zero-order chi connectivity index (χ0) is 16.5. The quantitative estimate of drug-likeness (QED) is 0.627. The molecule has 0 aliphatic rings. The number of pyridine rings is 1. The highest BCUT2D eigenvalue weighted by Crippen LogP contribution is 2.23. The molecule has 118 valence electrons. The lowest BCUT2D eigenvalue weighted by Crippen LogP contribution is -2.16. The standard InChI is InChI=1S/C17H13N5O2/c1-22-15(4-5-20-22)16(23)21-13-3-2-11-8-12(10-19-14(11)9-13)17-18-6-7-24-17/h2-10H,1H3,(H,21,23). The van der Waals surface area contributed by atoms with Crippen LogP contribution in [0.15, 0.2) is 59.6 Å². The first-order valence-electron chi connectivity index (χ1n) is 7.30. The van der Waals surface area contributed by atoms with Crippen LogP contribution in [0.25, 0.3) is 22.4 Å². The first-order chi connectivity index (χ1) is 11.7. The van der Waals surface area contributed by atoms with Crippen molar-refractivity contribution in [2.45, 2.75) is 0 Å². The average molecular weight is 319 g/mol. The van der Waals surface area contributed by atoms with Crippen molar-refractivity contribution in [3.63, 3.8) is 0 Å². The molecule has 0 unspecified atom stereocenters. The van der Waals surface area contributed by atoms with E-state index in [-0.39, 0.29) is 5.91 Å². The second-order valence-electron chi connectivity index (χ2n) is 5.26. The van der Waals surface area contributed by atoms with E-state index in [2.05, 4.69) is 20.4 Å². The fourth-order valence-electron chi connectivity index (χ4n) is 2.47. The number of hydrogen-bond acceptors (Lipinski definition) is 5. The fourth-order valence-corrected chi connectivity index (χ4v) is 2.47. The minimum Gasteiger partial charge on any atom is -0.444 e. The summed E-state index contributed by atoms with van der Waals surface area (Å²) < 4.78 is 6.81. The van der Waals surface area contributed by atoms with Crippen LogP contribution in [0.1, 0.15) is 10.5 Å². The molecule has 1 N–H and O–H groups in total. The maximum atomic E-state index is 12.2. The van der Waals surface area contributed by atoms with Gasteiger partial charge in [0.15, 0.2) is 0 Å². The zero-order valence-electron chi connectivity index (χ0n) is 12.8. The summed E-state index contributed by atoms with van der Waals surface area (Å²) in [6.45, 7) is 0. The average Bonchev–Trinajstić information content (AvgIpc) is 3.26. The highest BCUT2D eigenvalue weighted by atomic mass is 16.3. The van der Waals surface area contributed by atoms with E-state index in [4.69, 9.17) is 4.42 Å². The van der Waals surface area contributed by atoms with Crippen LogP contribution < -0.4 is 5.32 Å². The third-order valence-corrected chi connectivity index (χ3v) is 3.67. The molecule has 4 aromatic rings. The summed E-state index contributed by atoms with van der Waals surface area (Å²) in [5, 5.41) is 7.78. The summed E-state index contributed by atoms with van der Waals surface area (Å²) in [4.78, 5) is 20.8. The molecule has 0 radical (unpaired) electrons. The molecule has 1 amide bonds. The van der Waals surface area contributed by atoms with Gasteiger partial charge in [-0.15, -0.1) is 0 Å². The van der Waals surface area contributed by atoms with E-state index in [1.807, 2.05) is 24.3 Å². The molecule has 0 aliphatic heterocycles. The maximum absolute atomic E-state index is 12.2. The number of aromatic nitrogens is 4. The molecular formula is C17H13N5O2. The lowest BCUT2D eigenvalue weighted by Gasteiger charge is -2.07. The summed E-state index contributed by atoms with van der Waals surface area (Å²) in [6.07, 6.45) is 6.40. The van der Waals surface area contributed by atoms with E-state index in [1.54, 1.807) is 31.7 Å². The molecule has 0 aliphatic carbocycles. The van der Waals surface area contributed by atoms with Gasteiger partial charge >= 0.3 is 0 Å². The third-order valence-electron chi connectivity index (χ3n) is 3.67. The highest BCUT2D eigenvalue weighted by Gasteiger charge is 2.11. The topological polar surface area (TPSA) is 85.8 Å². The van der Waals surface area contributed by atoms with Crippen LogP contribution in [0.4, 0.5) is 5.69 Å². The van der Waals surface area contributed by atoms with E-state index in [0.29, 0.717) is 17.3 Å². The Morgan fingerprint density at radius 1 is 1.17 bits per heavy atom. The summed E-state index contributed by atoms with van der Waals surface area (Å²) >= 11 is 0. The maximum Gasteiger partial charge on any atom is 0.273 e. The van der Waals surface area contributed by atoms with Crippen molar-refractivity contribution in [1.29, 1.82) is 0 Å². The SMILES string of the molecule is Cn1nccc1C(=O)Nc1ccc2cc(-c3ncco3)cnc2c1. The Kier molecular flexibility index (Phi) is 3.31. The second-order valence-corrected chi connectivity index (χ2v) is 5.26. The molecule has 3 heterocycles. The molecule has 7 nitrogen and oxygen atoms in total. The minimum atomic E-state index is -0.217. The monoisotopic (exact) mass is 319 g/mol. The first-order valence-corrected chi connectivity index (χ1v) is 7.30. The van der Waals surface area contributed by atoms with E-state index < -0.39 is 0 Å². The first kappa shape index (κ1) is 14.1. The van der Waals surface area contributed by atoms with E-state index in [1.165, 1.54) is 10.9 Å². The third kappa shape index (κ3) is 2.52. The molecule has 0 saturated carbocycles. The fraction of sp³-hybridized carbons (Fsp3) is 0.0588. The van der Waals surface area contributed by atoms with Crippen molar-refractivity contribution in [3.05, 3.63) is 60.9 Å². The summed E-state index contributed by atoms with van der Waals surface area (Å²) in [6, 6.07) is 9.16. The number of rotatable bonds is 3. The Balaban J connectivity index is 1.63. The van der Waals surface area contributed by atoms with Gasteiger partial charge in [-0.1, -0.05) is 6.07 Å². The van der Waals surface area contributed by atoms with Crippen LogP contribution in [0.2, 0.25) is 0 Å². The van der Waals surface area contributed by atoms with Gasteiger partial charge in [-0.25, -0.2) is 4.98 Å². The molecule has 0 fully saturated rings. The van der Waals surface area contributed by atoms with Crippen LogP contribution in [0.3, 0.4) is 0 Å². The van der Waals surface area contributed by atoms with Crippen molar-refractivity contribution in [2.24, 2.45) is 7.05 Å². The number of nitrogens with one attached hydrogen (secondary N) is 1. The minimum absolute atomic E-state index is 0.217. The molecule has 0 saturated heterocycles. The van der Waals surface area contributed by atoms with E-state index in [9.17, 15) is 4.79 Å². The molecule has 0 bridgehead atoms. The number of amides is 1. The van der Waals surface area contributed by atoms with Crippen molar-refractivity contribution in [2.75, 3.05) is 5.32 Å². The number of fused-ring (bicyclic) bond motifs is 1. The van der Waals surface area contributed by atoms with Gasteiger partial charge in [-0.05, 0) is 24.3 Å². The van der Waals surface area contributed by atoms with Gasteiger partial charge < -0.3 is 9.73 Å². The Hall–Kier alpha value is -3.48. The van der Waals surface area contributed by atoms with Gasteiger partial charge in [-0.2, -0.15) is 5.10 Å². The Bertz CT molecular complexity index is 1020. The normalized spacial score (nSPS) is 10.9. The Morgan fingerprint density at radius 3 is 2.83 bits per heavy atom. The van der Waals surface area contributed by atoms with Crippen molar-refractivity contribution in [1.82, 2.24) is 19.7 Å². The Labute approximate surface area is 137 Å². The number of carbonyl (C=O) groups is 1. The molecule has 1 aromatic carbocycles. The molecule has 0 atom stereocenters. The number of oxazole rings is 1. The van der Waals surface area contributed by atoms with Gasteiger partial charge in [-0.3, -0.25) is 14.5 Å². The Morgan fingerprint density at radius 2 is 2.08 bits per heavy atom. The van der Waals surface area contributed by atoms with Crippen LogP contribution >= 0.6 is 0 Å². The van der Waals surface area contributed by atoms with Crippen molar-refractivity contribution >= 4 is 22.5 Å². The van der Waals surface area contributed by atoms with Gasteiger partial charge in [0.2, 0.25) is 5.89 Å². The second kappa shape index (κ2) is 5.62. The summed E-state index contributed by atoms with van der Waals surface area (Å²) in [7, 11) is 1.72. The van der Waals surface area contributed by atoms with Gasteiger partial charge in [0.25, 0.3) is 5.91 Å². The number of hydrogen-bond donors (Lipinski definition) is 1. The van der Waals surface area contributed by atoms with Gasteiger partial charge in [0, 0.05) is 30.5 Å². The lowest BCUT2D eigenvalue weighted by molar-refractivity contribution is 0.101. The van der Waals surface area contributed by atoms with E-state index in [0.717, 1.165) is 16.5 Å². The molecule has 0 spiro atoms. The molecule has 4 rings (SSSR count). The number of aryl methyl sites for hydroxylation is 1. The number of carbonyl (C=O) groups excluding carboxylic acids is 1. The number of nitrogens with zero attached hydrogens (tertiary/aromatic N) is 4. The summed E-state index contributed by atoms with van der Waals surface area (Å²) in [5.74, 6) is 0.309. The van der Waals surface area contributed by atoms with E-state index >= 15 is 0 Å². The number of benzene rings is 1. The smallest absolute Gasteiger partial charge is 0.273 e. The molecular weight excluding hydrogens is 306 g/mol. The van der Waals surface area contributed by atoms with Crippen LogP contribution in [0.5, 0.6) is 0 Å². The van der Waals surface area contributed by atoms with Gasteiger partial charge in [0.1, 0.15) is 12.0 Å². The zero-order valence-corrected chi connectivity index (χ0v) is 12.8. The molecule has 7 heteroatoms. The van der Waals surface area contributed by atoms with Crippen molar-refractivity contribution < 1.29 is 9.21 Å². The summed E-state index contributed by atoms with van der Waals surface area (Å²) in [5.41, 5.74) is 2.74. The lowest BCUT2D eigenvalue weighted by atomic mass is 10.1. The molecule has 24 heavy (non-hydrogen) atoms. The predicted octanol–water partition coefficient (Wildman–Crippen LogP) is 2.88. The van der Waals surface area contributed by atoms with Gasteiger partial charge in [0.05, 0.1) is 17.3 Å². The van der Waals surface area contributed by atoms with Crippen LogP contribution in [0, 0.1) is 0 Å². The largest absolute Gasteiger partial charge is 0.444 e. The predicted molar refractivity (Wildman–Crippen MR) is 88.4 cm³/mol. The van der Waals surface area contributed by atoms with Crippen LogP contribution in [-0.4, -0.2) is 25.7 Å². The van der Waals surface area contributed by atoms with Crippen LogP contribution in [-0.2, 0) is 7.05 Å². The molecule has 3 aromatic heterocycles. The number of anilines is 1. The highest BCUT2D eigenvalue weighted by molar-refractivity contribution is 6.03. The van der Waals surface area contributed by atoms with Crippen molar-refractivity contribution in [3.8, 4) is 11.5 Å².